The molecule has 7 nitrogen and oxygen atoms in total. The molecule has 0 saturated heterocycles. The highest BCUT2D eigenvalue weighted by molar-refractivity contribution is 6.30. The zero-order valence-electron chi connectivity index (χ0n) is 14.2. The second kappa shape index (κ2) is 9.62. The summed E-state index contributed by atoms with van der Waals surface area (Å²) < 4.78 is 10.0. The molecule has 1 aromatic heterocycles. The molecular formula is C18H19ClN2O5. The first-order valence-electron chi connectivity index (χ1n) is 7.98. The molecule has 2 rings (SSSR count). The third kappa shape index (κ3) is 6.25. The second-order valence-corrected chi connectivity index (χ2v) is 5.91. The summed E-state index contributed by atoms with van der Waals surface area (Å²) in [4.78, 5) is 35.2. The fourth-order valence-electron chi connectivity index (χ4n) is 2.09. The minimum Gasteiger partial charge on any atom is -0.467 e. The number of carbonyl (C=O) groups is 3. The van der Waals surface area contributed by atoms with Gasteiger partial charge in [-0.3, -0.25) is 14.4 Å². The van der Waals surface area contributed by atoms with Crippen LogP contribution in [-0.2, 0) is 14.3 Å². The van der Waals surface area contributed by atoms with E-state index in [1.165, 1.54) is 6.26 Å². The minimum absolute atomic E-state index is 0.0413. The highest BCUT2D eigenvalue weighted by Crippen LogP contribution is 2.11. The molecule has 138 valence electrons. The van der Waals surface area contributed by atoms with Crippen molar-refractivity contribution in [1.29, 1.82) is 0 Å². The number of nitrogens with one attached hydrogen (secondary N) is 2. The van der Waals surface area contributed by atoms with Gasteiger partial charge in [-0.1, -0.05) is 11.6 Å². The van der Waals surface area contributed by atoms with Crippen molar-refractivity contribution >= 4 is 29.4 Å². The lowest BCUT2D eigenvalue weighted by molar-refractivity contribution is -0.148. The summed E-state index contributed by atoms with van der Waals surface area (Å²) in [6.07, 6.45) is 1.47. The smallest absolute Gasteiger partial charge is 0.308 e. The summed E-state index contributed by atoms with van der Waals surface area (Å²) in [6, 6.07) is 9.51. The molecule has 0 unspecified atom stereocenters. The van der Waals surface area contributed by atoms with E-state index in [0.717, 1.165) is 0 Å². The van der Waals surface area contributed by atoms with Crippen LogP contribution >= 0.6 is 11.6 Å². The molecule has 0 saturated carbocycles. The zero-order chi connectivity index (χ0) is 18.9. The Morgan fingerprint density at radius 1 is 1.19 bits per heavy atom. The monoisotopic (exact) mass is 378 g/mol. The van der Waals surface area contributed by atoms with E-state index < -0.39 is 18.5 Å². The fraction of sp³-hybridized carbons (Fsp3) is 0.278. The van der Waals surface area contributed by atoms with Crippen LogP contribution in [0.3, 0.4) is 0 Å². The van der Waals surface area contributed by atoms with E-state index >= 15 is 0 Å². The van der Waals surface area contributed by atoms with Crippen molar-refractivity contribution in [1.82, 2.24) is 10.6 Å². The van der Waals surface area contributed by atoms with Gasteiger partial charge in [-0.2, -0.15) is 0 Å². The number of hydrogen-bond donors (Lipinski definition) is 2. The van der Waals surface area contributed by atoms with Crippen molar-refractivity contribution in [2.75, 3.05) is 13.2 Å². The van der Waals surface area contributed by atoms with Crippen LogP contribution in [0.15, 0.2) is 47.1 Å². The van der Waals surface area contributed by atoms with Gasteiger partial charge in [0.05, 0.1) is 18.7 Å². The highest BCUT2D eigenvalue weighted by atomic mass is 35.5. The van der Waals surface area contributed by atoms with E-state index in [1.807, 2.05) is 0 Å². The number of amides is 2. The summed E-state index contributed by atoms with van der Waals surface area (Å²) in [6.45, 7) is 1.46. The van der Waals surface area contributed by atoms with Crippen LogP contribution in [0.2, 0.25) is 5.02 Å². The fourth-order valence-corrected chi connectivity index (χ4v) is 2.22. The van der Waals surface area contributed by atoms with Gasteiger partial charge in [0, 0.05) is 17.1 Å². The van der Waals surface area contributed by atoms with Gasteiger partial charge in [-0.15, -0.1) is 0 Å². The molecule has 0 bridgehead atoms. The molecule has 0 fully saturated rings. The van der Waals surface area contributed by atoms with Gasteiger partial charge in [-0.25, -0.2) is 0 Å². The zero-order valence-corrected chi connectivity index (χ0v) is 14.9. The first kappa shape index (κ1) is 19.5. The van der Waals surface area contributed by atoms with Crippen LogP contribution in [0, 0.1) is 0 Å². The first-order chi connectivity index (χ1) is 12.5. The van der Waals surface area contributed by atoms with Gasteiger partial charge in [-0.05, 0) is 43.3 Å². The Morgan fingerprint density at radius 3 is 2.58 bits per heavy atom. The molecule has 0 aliphatic carbocycles. The maximum atomic E-state index is 11.9. The molecule has 0 aliphatic heterocycles. The van der Waals surface area contributed by atoms with E-state index in [1.54, 1.807) is 43.3 Å². The molecular weight excluding hydrogens is 360 g/mol. The average Bonchev–Trinajstić information content (AvgIpc) is 3.15. The lowest BCUT2D eigenvalue weighted by Gasteiger charge is -2.11. The van der Waals surface area contributed by atoms with Gasteiger partial charge in [0.15, 0.2) is 6.61 Å². The van der Waals surface area contributed by atoms with E-state index in [-0.39, 0.29) is 24.9 Å². The Labute approximate surface area is 155 Å². The molecule has 2 amide bonds. The Hall–Kier alpha value is -2.80. The Kier molecular flexibility index (Phi) is 7.23. The van der Waals surface area contributed by atoms with E-state index in [2.05, 4.69) is 10.6 Å². The van der Waals surface area contributed by atoms with Crippen molar-refractivity contribution < 1.29 is 23.5 Å². The van der Waals surface area contributed by atoms with Crippen LogP contribution in [0.4, 0.5) is 0 Å². The van der Waals surface area contributed by atoms with Crippen molar-refractivity contribution in [2.24, 2.45) is 0 Å². The summed E-state index contributed by atoms with van der Waals surface area (Å²) in [7, 11) is 0. The average molecular weight is 379 g/mol. The van der Waals surface area contributed by atoms with Crippen molar-refractivity contribution in [2.45, 2.75) is 19.4 Å². The molecule has 8 heteroatoms. The van der Waals surface area contributed by atoms with Gasteiger partial charge < -0.3 is 19.8 Å². The van der Waals surface area contributed by atoms with Crippen LogP contribution in [-0.4, -0.2) is 30.9 Å². The SMILES string of the molecule is C[C@H](NC(=O)COC(=O)CCNC(=O)c1ccc(Cl)cc1)c1ccco1. The summed E-state index contributed by atoms with van der Waals surface area (Å²) in [5.41, 5.74) is 0.439. The maximum absolute atomic E-state index is 11.9. The molecule has 0 radical (unpaired) electrons. The predicted octanol–water partition coefficient (Wildman–Crippen LogP) is 2.47. The number of ether oxygens (including phenoxy) is 1. The number of esters is 1. The van der Waals surface area contributed by atoms with Crippen LogP contribution in [0.25, 0.3) is 0 Å². The third-order valence-electron chi connectivity index (χ3n) is 3.43. The maximum Gasteiger partial charge on any atom is 0.308 e. The minimum atomic E-state index is -0.581. The Bertz CT molecular complexity index is 743. The summed E-state index contributed by atoms with van der Waals surface area (Å²) >= 11 is 5.75. The van der Waals surface area contributed by atoms with Crippen molar-refractivity contribution in [3.63, 3.8) is 0 Å². The molecule has 2 aromatic rings. The number of carbonyl (C=O) groups excluding carboxylic acids is 3. The summed E-state index contributed by atoms with van der Waals surface area (Å²) in [5, 5.41) is 5.77. The first-order valence-corrected chi connectivity index (χ1v) is 8.35. The van der Waals surface area contributed by atoms with Crippen molar-refractivity contribution in [3.05, 3.63) is 59.0 Å². The second-order valence-electron chi connectivity index (χ2n) is 5.48. The van der Waals surface area contributed by atoms with Gasteiger partial charge in [0.25, 0.3) is 11.8 Å². The van der Waals surface area contributed by atoms with E-state index in [0.29, 0.717) is 16.3 Å². The molecule has 1 atom stereocenters. The topological polar surface area (TPSA) is 97.6 Å². The number of benzene rings is 1. The van der Waals surface area contributed by atoms with E-state index in [4.69, 9.17) is 20.8 Å². The molecule has 2 N–H and O–H groups in total. The van der Waals surface area contributed by atoms with Gasteiger partial charge in [0.2, 0.25) is 0 Å². The van der Waals surface area contributed by atoms with Crippen molar-refractivity contribution in [3.8, 4) is 0 Å². The normalized spacial score (nSPS) is 11.5. The lowest BCUT2D eigenvalue weighted by atomic mass is 10.2. The largest absolute Gasteiger partial charge is 0.467 e. The van der Waals surface area contributed by atoms with Crippen LogP contribution in [0.1, 0.15) is 35.5 Å². The molecule has 1 heterocycles. The van der Waals surface area contributed by atoms with E-state index in [9.17, 15) is 14.4 Å². The highest BCUT2D eigenvalue weighted by Gasteiger charge is 2.14. The molecule has 0 spiro atoms. The van der Waals surface area contributed by atoms with Crippen LogP contribution < -0.4 is 10.6 Å². The molecule has 0 aliphatic rings. The predicted molar refractivity (Wildman–Crippen MR) is 94.6 cm³/mol. The number of rotatable bonds is 8. The number of hydrogen-bond acceptors (Lipinski definition) is 5. The summed E-state index contributed by atoms with van der Waals surface area (Å²) in [5.74, 6) is -0.733. The standard InChI is InChI=1S/C18H19ClN2O5/c1-12(15-3-2-10-25-15)21-16(22)11-26-17(23)8-9-20-18(24)13-4-6-14(19)7-5-13/h2-7,10,12H,8-9,11H2,1H3,(H,20,24)(H,21,22)/t12-/m0/s1. The quantitative estimate of drug-likeness (QED) is 0.688. The van der Waals surface area contributed by atoms with Gasteiger partial charge in [0.1, 0.15) is 5.76 Å². The molecule has 1 aromatic carbocycles. The lowest BCUT2D eigenvalue weighted by Crippen LogP contribution is -2.32. The molecule has 26 heavy (non-hydrogen) atoms. The Morgan fingerprint density at radius 2 is 1.92 bits per heavy atom. The van der Waals surface area contributed by atoms with Gasteiger partial charge >= 0.3 is 5.97 Å². The van der Waals surface area contributed by atoms with Crippen LogP contribution in [0.5, 0.6) is 0 Å². The third-order valence-corrected chi connectivity index (χ3v) is 3.68. The number of furan rings is 1. The Balaban J connectivity index is 1.63. The number of halogens is 1.